The lowest BCUT2D eigenvalue weighted by atomic mass is 9.92. The summed E-state index contributed by atoms with van der Waals surface area (Å²) in [5, 5.41) is 14.2. The monoisotopic (exact) mass is 276 g/mol. The van der Waals surface area contributed by atoms with Gasteiger partial charge in [-0.25, -0.2) is 9.37 Å². The molecule has 0 aliphatic carbocycles. The first-order chi connectivity index (χ1) is 9.31. The number of nitrogens with zero attached hydrogens (tertiary/aromatic N) is 1. The Bertz CT molecular complexity index is 623. The minimum Gasteiger partial charge on any atom is -0.388 e. The van der Waals surface area contributed by atoms with Gasteiger partial charge in [0.25, 0.3) is 0 Å². The Morgan fingerprint density at radius 3 is 2.75 bits per heavy atom. The van der Waals surface area contributed by atoms with Crippen LogP contribution < -0.4 is 5.32 Å². The van der Waals surface area contributed by atoms with E-state index in [-0.39, 0.29) is 11.7 Å². The van der Waals surface area contributed by atoms with E-state index in [9.17, 15) is 9.50 Å². The van der Waals surface area contributed by atoms with E-state index in [0.29, 0.717) is 12.1 Å². The van der Waals surface area contributed by atoms with E-state index in [1.165, 1.54) is 6.07 Å². The molecule has 0 saturated carbocycles. The van der Waals surface area contributed by atoms with Crippen LogP contribution in [0.4, 0.5) is 10.1 Å². The number of halogens is 1. The second-order valence-electron chi connectivity index (χ2n) is 5.81. The molecule has 0 aliphatic rings. The zero-order chi connectivity index (χ0) is 14.9. The zero-order valence-electron chi connectivity index (χ0n) is 12.4. The number of anilines is 1. The van der Waals surface area contributed by atoms with Gasteiger partial charge in [0, 0.05) is 23.3 Å². The van der Waals surface area contributed by atoms with Crippen LogP contribution in [-0.4, -0.2) is 22.2 Å². The molecule has 108 valence electrons. The van der Waals surface area contributed by atoms with Crippen LogP contribution in [0.25, 0.3) is 10.9 Å². The summed E-state index contributed by atoms with van der Waals surface area (Å²) < 4.78 is 13.8. The van der Waals surface area contributed by atoms with Gasteiger partial charge in [0.1, 0.15) is 11.3 Å². The van der Waals surface area contributed by atoms with Gasteiger partial charge >= 0.3 is 0 Å². The summed E-state index contributed by atoms with van der Waals surface area (Å²) in [6, 6.07) is 6.78. The van der Waals surface area contributed by atoms with Crippen LogP contribution in [0.15, 0.2) is 24.3 Å². The fraction of sp³-hybridized carbons (Fsp3) is 0.438. The van der Waals surface area contributed by atoms with Crippen LogP contribution in [0, 0.1) is 18.7 Å². The number of pyridine rings is 1. The largest absolute Gasteiger partial charge is 0.388 e. The predicted octanol–water partition coefficient (Wildman–Crippen LogP) is 3.50. The quantitative estimate of drug-likeness (QED) is 0.898. The summed E-state index contributed by atoms with van der Waals surface area (Å²) in [6.07, 6.45) is 0. The average Bonchev–Trinajstić information content (AvgIpc) is 2.37. The van der Waals surface area contributed by atoms with Crippen LogP contribution in [0.3, 0.4) is 0 Å². The summed E-state index contributed by atoms with van der Waals surface area (Å²) in [5.41, 5.74) is 1.08. The predicted molar refractivity (Wildman–Crippen MR) is 80.4 cm³/mol. The maximum absolute atomic E-state index is 13.8. The highest BCUT2D eigenvalue weighted by Crippen LogP contribution is 2.26. The summed E-state index contributed by atoms with van der Waals surface area (Å²) >= 11 is 0. The Labute approximate surface area is 118 Å². The third-order valence-electron chi connectivity index (χ3n) is 3.80. The van der Waals surface area contributed by atoms with E-state index >= 15 is 0 Å². The highest BCUT2D eigenvalue weighted by atomic mass is 19.1. The zero-order valence-corrected chi connectivity index (χ0v) is 12.4. The van der Waals surface area contributed by atoms with Gasteiger partial charge in [0.2, 0.25) is 0 Å². The number of hydrogen-bond donors (Lipinski definition) is 2. The molecular weight excluding hydrogens is 255 g/mol. The number of aliphatic hydroxyl groups is 1. The number of benzene rings is 1. The molecule has 0 radical (unpaired) electrons. The van der Waals surface area contributed by atoms with Gasteiger partial charge in [-0.05, 0) is 31.9 Å². The van der Waals surface area contributed by atoms with Crippen LogP contribution in [0.5, 0.6) is 0 Å². The van der Waals surface area contributed by atoms with Gasteiger partial charge < -0.3 is 10.4 Å². The van der Waals surface area contributed by atoms with Gasteiger partial charge in [0.15, 0.2) is 0 Å². The Hall–Kier alpha value is -1.68. The molecule has 1 unspecified atom stereocenters. The highest BCUT2D eigenvalue weighted by Gasteiger charge is 2.24. The smallest absolute Gasteiger partial charge is 0.149 e. The second-order valence-corrected chi connectivity index (χ2v) is 5.81. The summed E-state index contributed by atoms with van der Waals surface area (Å²) in [7, 11) is 0. The molecule has 0 spiro atoms. The molecule has 3 nitrogen and oxygen atoms in total. The van der Waals surface area contributed by atoms with Crippen molar-refractivity contribution in [1.82, 2.24) is 4.98 Å². The molecule has 0 saturated heterocycles. The number of para-hydroxylation sites is 1. The minimum atomic E-state index is -0.823. The van der Waals surface area contributed by atoms with Crippen molar-refractivity contribution < 1.29 is 9.50 Å². The lowest BCUT2D eigenvalue weighted by Gasteiger charge is -2.28. The number of aromatic nitrogens is 1. The van der Waals surface area contributed by atoms with Crippen molar-refractivity contribution in [3.63, 3.8) is 0 Å². The SMILES string of the molecule is Cc1cc(NCC(C)(O)C(C)C)c2cccc(F)c2n1. The van der Waals surface area contributed by atoms with Crippen molar-refractivity contribution in [1.29, 1.82) is 0 Å². The molecule has 0 aliphatic heterocycles. The molecule has 2 N–H and O–H groups in total. The molecule has 1 aromatic heterocycles. The van der Waals surface area contributed by atoms with Crippen molar-refractivity contribution in [3.8, 4) is 0 Å². The molecule has 0 amide bonds. The first-order valence-electron chi connectivity index (χ1n) is 6.83. The molecule has 1 heterocycles. The number of aryl methyl sites for hydroxylation is 1. The van der Waals surface area contributed by atoms with E-state index in [2.05, 4.69) is 10.3 Å². The second kappa shape index (κ2) is 5.37. The third-order valence-corrected chi connectivity index (χ3v) is 3.80. The van der Waals surface area contributed by atoms with Crippen molar-refractivity contribution in [2.45, 2.75) is 33.3 Å². The number of hydrogen-bond acceptors (Lipinski definition) is 3. The summed E-state index contributed by atoms with van der Waals surface area (Å²) in [6.45, 7) is 7.97. The fourth-order valence-electron chi connectivity index (χ4n) is 1.97. The van der Waals surface area contributed by atoms with Gasteiger partial charge in [-0.15, -0.1) is 0 Å². The maximum atomic E-state index is 13.8. The van der Waals surface area contributed by atoms with Gasteiger partial charge in [-0.2, -0.15) is 0 Å². The van der Waals surface area contributed by atoms with Crippen LogP contribution in [0.2, 0.25) is 0 Å². The minimum absolute atomic E-state index is 0.126. The Kier molecular flexibility index (Phi) is 3.95. The van der Waals surface area contributed by atoms with Crippen LogP contribution in [-0.2, 0) is 0 Å². The molecule has 0 fully saturated rings. The van der Waals surface area contributed by atoms with Gasteiger partial charge in [-0.3, -0.25) is 0 Å². The molecule has 20 heavy (non-hydrogen) atoms. The molecule has 2 rings (SSSR count). The topological polar surface area (TPSA) is 45.1 Å². The van der Waals surface area contributed by atoms with E-state index in [1.807, 2.05) is 32.9 Å². The average molecular weight is 276 g/mol. The van der Waals surface area contributed by atoms with Crippen LogP contribution >= 0.6 is 0 Å². The van der Waals surface area contributed by atoms with E-state index in [4.69, 9.17) is 0 Å². The lowest BCUT2D eigenvalue weighted by molar-refractivity contribution is 0.0266. The van der Waals surface area contributed by atoms with Crippen molar-refractivity contribution in [2.24, 2.45) is 5.92 Å². The molecule has 1 atom stereocenters. The number of nitrogens with one attached hydrogen (secondary N) is 1. The molecular formula is C16H21FN2O. The normalized spacial score (nSPS) is 14.6. The highest BCUT2D eigenvalue weighted by molar-refractivity contribution is 5.91. The molecule has 1 aromatic carbocycles. The first kappa shape index (κ1) is 14.7. The Balaban J connectivity index is 2.37. The third kappa shape index (κ3) is 2.90. The molecule has 0 bridgehead atoms. The fourth-order valence-corrected chi connectivity index (χ4v) is 1.97. The maximum Gasteiger partial charge on any atom is 0.149 e. The number of rotatable bonds is 4. The molecule has 4 heteroatoms. The van der Waals surface area contributed by atoms with E-state index < -0.39 is 5.60 Å². The molecule has 2 aromatic rings. The summed E-state index contributed by atoms with van der Waals surface area (Å²) in [4.78, 5) is 4.24. The number of fused-ring (bicyclic) bond motifs is 1. The van der Waals surface area contributed by atoms with Crippen molar-refractivity contribution in [2.75, 3.05) is 11.9 Å². The lowest BCUT2D eigenvalue weighted by Crippen LogP contribution is -2.38. The Morgan fingerprint density at radius 2 is 2.10 bits per heavy atom. The standard InChI is InChI=1S/C16H21FN2O/c1-10(2)16(4,20)9-18-14-8-11(3)19-15-12(14)6-5-7-13(15)17/h5-8,10,20H,9H2,1-4H3,(H,18,19). The Morgan fingerprint density at radius 1 is 1.40 bits per heavy atom. The van der Waals surface area contributed by atoms with E-state index in [1.54, 1.807) is 13.0 Å². The first-order valence-corrected chi connectivity index (χ1v) is 6.83. The van der Waals surface area contributed by atoms with Crippen LogP contribution in [0.1, 0.15) is 26.5 Å². The van der Waals surface area contributed by atoms with Gasteiger partial charge in [0.05, 0.1) is 5.60 Å². The van der Waals surface area contributed by atoms with Crippen molar-refractivity contribution in [3.05, 3.63) is 35.8 Å². The van der Waals surface area contributed by atoms with Gasteiger partial charge in [-0.1, -0.05) is 26.0 Å². The summed E-state index contributed by atoms with van der Waals surface area (Å²) in [5.74, 6) is -0.203. The van der Waals surface area contributed by atoms with Crippen molar-refractivity contribution >= 4 is 16.6 Å². The van der Waals surface area contributed by atoms with E-state index in [0.717, 1.165) is 16.8 Å².